The molecule has 0 unspecified atom stereocenters. The van der Waals surface area contributed by atoms with Crippen LogP contribution >= 0.6 is 0 Å². The maximum absolute atomic E-state index is 12.1. The number of hydrogen-bond acceptors (Lipinski definition) is 3. The summed E-state index contributed by atoms with van der Waals surface area (Å²) in [5.74, 6) is -0.799. The standard InChI is InChI=1S/C15H29N3O3/c1-4-17(5-2)10-7-11-18(6-3)14(21)16-12-15(8-9-15)13(19)20/h4-12H2,1-3H3,(H,16,21)(H,19,20). The van der Waals surface area contributed by atoms with Crippen LogP contribution in [0.25, 0.3) is 0 Å². The molecule has 1 saturated carbocycles. The highest BCUT2D eigenvalue weighted by atomic mass is 16.4. The average Bonchev–Trinajstić information content (AvgIpc) is 3.26. The second-order valence-corrected chi connectivity index (χ2v) is 5.70. The van der Waals surface area contributed by atoms with Crippen molar-refractivity contribution in [2.75, 3.05) is 39.3 Å². The zero-order valence-corrected chi connectivity index (χ0v) is 13.5. The van der Waals surface area contributed by atoms with E-state index in [1.807, 2.05) is 6.92 Å². The number of amides is 2. The average molecular weight is 299 g/mol. The van der Waals surface area contributed by atoms with E-state index >= 15 is 0 Å². The van der Waals surface area contributed by atoms with Gasteiger partial charge in [0.2, 0.25) is 0 Å². The molecular weight excluding hydrogens is 270 g/mol. The first kappa shape index (κ1) is 17.8. The van der Waals surface area contributed by atoms with Gasteiger partial charge in [0.25, 0.3) is 0 Å². The predicted octanol–water partition coefficient (Wildman–Crippen LogP) is 1.61. The highest BCUT2D eigenvalue weighted by Crippen LogP contribution is 2.45. The molecule has 6 nitrogen and oxygen atoms in total. The Balaban J connectivity index is 2.31. The van der Waals surface area contributed by atoms with E-state index in [0.717, 1.165) is 26.1 Å². The van der Waals surface area contributed by atoms with Gasteiger partial charge in [0.1, 0.15) is 0 Å². The van der Waals surface area contributed by atoms with Crippen molar-refractivity contribution in [2.24, 2.45) is 5.41 Å². The SMILES string of the molecule is CCN(CC)CCCN(CC)C(=O)NCC1(C(=O)O)CC1. The van der Waals surface area contributed by atoms with Gasteiger partial charge in [0, 0.05) is 19.6 Å². The first-order chi connectivity index (χ1) is 9.99. The molecule has 1 aliphatic rings. The quantitative estimate of drug-likeness (QED) is 0.643. The number of carboxylic acids is 1. The smallest absolute Gasteiger partial charge is 0.317 e. The third-order valence-corrected chi connectivity index (χ3v) is 4.35. The molecule has 0 aromatic rings. The van der Waals surface area contributed by atoms with Crippen LogP contribution < -0.4 is 5.32 Å². The van der Waals surface area contributed by atoms with Crippen LogP contribution in [0, 0.1) is 5.41 Å². The second kappa shape index (κ2) is 8.22. The number of nitrogens with zero attached hydrogens (tertiary/aromatic N) is 2. The van der Waals surface area contributed by atoms with E-state index in [9.17, 15) is 9.59 Å². The van der Waals surface area contributed by atoms with Crippen molar-refractivity contribution in [1.82, 2.24) is 15.1 Å². The summed E-state index contributed by atoms with van der Waals surface area (Å²) in [5.41, 5.74) is -0.698. The van der Waals surface area contributed by atoms with Gasteiger partial charge in [-0.25, -0.2) is 4.79 Å². The number of carbonyl (C=O) groups is 2. The van der Waals surface area contributed by atoms with Gasteiger partial charge in [0.05, 0.1) is 5.41 Å². The molecule has 0 atom stereocenters. The van der Waals surface area contributed by atoms with E-state index in [-0.39, 0.29) is 12.6 Å². The molecule has 21 heavy (non-hydrogen) atoms. The lowest BCUT2D eigenvalue weighted by atomic mass is 10.1. The van der Waals surface area contributed by atoms with Gasteiger partial charge in [-0.1, -0.05) is 13.8 Å². The van der Waals surface area contributed by atoms with Crippen molar-refractivity contribution in [3.8, 4) is 0 Å². The predicted molar refractivity (Wildman–Crippen MR) is 82.4 cm³/mol. The van der Waals surface area contributed by atoms with E-state index in [0.29, 0.717) is 25.9 Å². The van der Waals surface area contributed by atoms with Gasteiger partial charge >= 0.3 is 12.0 Å². The Morgan fingerprint density at radius 2 is 1.71 bits per heavy atom. The maximum atomic E-state index is 12.1. The first-order valence-corrected chi connectivity index (χ1v) is 7.97. The number of aliphatic carboxylic acids is 1. The van der Waals surface area contributed by atoms with Crippen LogP contribution in [0.15, 0.2) is 0 Å². The monoisotopic (exact) mass is 299 g/mol. The number of rotatable bonds is 10. The Morgan fingerprint density at radius 1 is 1.10 bits per heavy atom. The fourth-order valence-electron chi connectivity index (χ4n) is 2.40. The van der Waals surface area contributed by atoms with Crippen LogP contribution in [0.5, 0.6) is 0 Å². The van der Waals surface area contributed by atoms with Gasteiger partial charge in [-0.05, 0) is 45.8 Å². The Morgan fingerprint density at radius 3 is 2.14 bits per heavy atom. The zero-order chi connectivity index (χ0) is 15.9. The van der Waals surface area contributed by atoms with Gasteiger partial charge < -0.3 is 20.2 Å². The van der Waals surface area contributed by atoms with E-state index in [4.69, 9.17) is 5.11 Å². The molecule has 0 aliphatic heterocycles. The number of hydrogen-bond donors (Lipinski definition) is 2. The third kappa shape index (κ3) is 5.19. The lowest BCUT2D eigenvalue weighted by Gasteiger charge is -2.24. The molecule has 0 radical (unpaired) electrons. The minimum atomic E-state index is -0.799. The molecule has 0 aromatic carbocycles. The van der Waals surface area contributed by atoms with Crippen LogP contribution in [0.1, 0.15) is 40.0 Å². The van der Waals surface area contributed by atoms with E-state index in [2.05, 4.69) is 24.1 Å². The zero-order valence-electron chi connectivity index (χ0n) is 13.5. The minimum Gasteiger partial charge on any atom is -0.481 e. The summed E-state index contributed by atoms with van der Waals surface area (Å²) in [5, 5.41) is 11.9. The van der Waals surface area contributed by atoms with Crippen molar-refractivity contribution in [1.29, 1.82) is 0 Å². The van der Waals surface area contributed by atoms with Crippen LogP contribution in [0.3, 0.4) is 0 Å². The van der Waals surface area contributed by atoms with Crippen molar-refractivity contribution >= 4 is 12.0 Å². The summed E-state index contributed by atoms with van der Waals surface area (Å²) >= 11 is 0. The molecule has 0 saturated heterocycles. The van der Waals surface area contributed by atoms with Crippen LogP contribution in [-0.4, -0.2) is 66.2 Å². The molecule has 1 aliphatic carbocycles. The fourth-order valence-corrected chi connectivity index (χ4v) is 2.40. The van der Waals surface area contributed by atoms with E-state index in [1.165, 1.54) is 0 Å². The Kier molecular flexibility index (Phi) is 6.95. The topological polar surface area (TPSA) is 72.9 Å². The largest absolute Gasteiger partial charge is 0.481 e. The molecule has 0 bridgehead atoms. The van der Waals surface area contributed by atoms with E-state index < -0.39 is 11.4 Å². The molecule has 0 spiro atoms. The highest BCUT2D eigenvalue weighted by Gasteiger charge is 2.50. The molecule has 0 heterocycles. The highest BCUT2D eigenvalue weighted by molar-refractivity contribution is 5.80. The fraction of sp³-hybridized carbons (Fsp3) is 0.867. The molecule has 6 heteroatoms. The Labute approximate surface area is 127 Å². The number of nitrogens with one attached hydrogen (secondary N) is 1. The van der Waals surface area contributed by atoms with E-state index in [1.54, 1.807) is 4.90 Å². The van der Waals surface area contributed by atoms with Crippen molar-refractivity contribution < 1.29 is 14.7 Å². The van der Waals surface area contributed by atoms with Gasteiger partial charge in [0.15, 0.2) is 0 Å². The lowest BCUT2D eigenvalue weighted by Crippen LogP contribution is -2.44. The molecule has 2 amide bonds. The van der Waals surface area contributed by atoms with Crippen LogP contribution in [-0.2, 0) is 4.79 Å². The van der Waals surface area contributed by atoms with Gasteiger partial charge in [-0.15, -0.1) is 0 Å². The van der Waals surface area contributed by atoms with Crippen molar-refractivity contribution in [2.45, 2.75) is 40.0 Å². The number of urea groups is 1. The summed E-state index contributed by atoms with van der Waals surface area (Å²) in [6, 6.07) is -0.149. The minimum absolute atomic E-state index is 0.149. The van der Waals surface area contributed by atoms with Crippen LogP contribution in [0.2, 0.25) is 0 Å². The summed E-state index contributed by atoms with van der Waals surface area (Å²) in [7, 11) is 0. The normalized spacial score (nSPS) is 15.8. The molecule has 1 rings (SSSR count). The molecule has 2 N–H and O–H groups in total. The van der Waals surface area contributed by atoms with Gasteiger partial charge in [-0.3, -0.25) is 4.79 Å². The number of carboxylic acid groups (broad SMARTS) is 1. The molecular formula is C15H29N3O3. The second-order valence-electron chi connectivity index (χ2n) is 5.70. The number of carbonyl (C=O) groups excluding carboxylic acids is 1. The Bertz CT molecular complexity index is 352. The summed E-state index contributed by atoms with van der Waals surface area (Å²) < 4.78 is 0. The lowest BCUT2D eigenvalue weighted by molar-refractivity contribution is -0.143. The maximum Gasteiger partial charge on any atom is 0.317 e. The first-order valence-electron chi connectivity index (χ1n) is 7.97. The van der Waals surface area contributed by atoms with Crippen LogP contribution in [0.4, 0.5) is 4.79 Å². The summed E-state index contributed by atoms with van der Waals surface area (Å²) in [6.45, 7) is 10.8. The molecule has 122 valence electrons. The molecule has 0 aromatic heterocycles. The Hall–Kier alpha value is -1.30. The summed E-state index contributed by atoms with van der Waals surface area (Å²) in [4.78, 5) is 27.3. The van der Waals surface area contributed by atoms with Crippen molar-refractivity contribution in [3.05, 3.63) is 0 Å². The molecule has 1 fully saturated rings. The summed E-state index contributed by atoms with van der Waals surface area (Å²) in [6.07, 6.45) is 2.26. The van der Waals surface area contributed by atoms with Gasteiger partial charge in [-0.2, -0.15) is 0 Å². The van der Waals surface area contributed by atoms with Crippen molar-refractivity contribution in [3.63, 3.8) is 0 Å². The third-order valence-electron chi connectivity index (χ3n) is 4.35.